The third-order valence-corrected chi connectivity index (χ3v) is 1.63. The van der Waals surface area contributed by atoms with Crippen LogP contribution in [0, 0.1) is 0 Å². The summed E-state index contributed by atoms with van der Waals surface area (Å²) in [7, 11) is 0. The van der Waals surface area contributed by atoms with Crippen molar-refractivity contribution in [1.82, 2.24) is 4.90 Å². The van der Waals surface area contributed by atoms with E-state index >= 15 is 0 Å². The number of carbonyl (C=O) groups excluding carboxylic acids is 1. The molecule has 13 heavy (non-hydrogen) atoms. The van der Waals surface area contributed by atoms with Crippen LogP contribution in [0.1, 0.15) is 20.8 Å². The Morgan fingerprint density at radius 2 is 2.08 bits per heavy atom. The van der Waals surface area contributed by atoms with Crippen LogP contribution in [-0.4, -0.2) is 36.5 Å². The molecule has 1 aliphatic rings. The van der Waals surface area contributed by atoms with Gasteiger partial charge >= 0.3 is 0 Å². The molecule has 0 radical (unpaired) electrons. The molecule has 0 spiro atoms. The number of nitrogens with zero attached hydrogens (tertiary/aromatic N) is 1. The first kappa shape index (κ1) is 12.3. The summed E-state index contributed by atoms with van der Waals surface area (Å²) in [6.07, 6.45) is 2.64. The van der Waals surface area contributed by atoms with Crippen molar-refractivity contribution < 1.29 is 9.18 Å². The topological polar surface area (TPSA) is 20.3 Å². The molecule has 0 atom stereocenters. The molecule has 1 rings (SSSR count). The molecule has 0 bridgehead atoms. The largest absolute Gasteiger partial charge is 0.295 e. The number of likely N-dealkylation sites (tertiary alicyclic amines) is 1. The Morgan fingerprint density at radius 1 is 1.54 bits per heavy atom. The van der Waals surface area contributed by atoms with E-state index in [0.29, 0.717) is 19.6 Å². The molecule has 0 amide bonds. The Bertz CT molecular complexity index is 174. The third-order valence-electron chi connectivity index (χ3n) is 1.63. The zero-order valence-electron chi connectivity index (χ0n) is 8.59. The minimum atomic E-state index is -0.652. The van der Waals surface area contributed by atoms with Crippen LogP contribution in [0.3, 0.4) is 0 Å². The van der Waals surface area contributed by atoms with Gasteiger partial charge in [-0.3, -0.25) is 9.69 Å². The minimum absolute atomic E-state index is 0.0438. The Hall–Kier alpha value is -0.700. The van der Waals surface area contributed by atoms with Gasteiger partial charge in [-0.05, 0) is 13.0 Å². The van der Waals surface area contributed by atoms with E-state index in [1.165, 1.54) is 13.0 Å². The minimum Gasteiger partial charge on any atom is -0.295 e. The third kappa shape index (κ3) is 5.53. The highest BCUT2D eigenvalue weighted by Gasteiger charge is 2.24. The first-order valence-corrected chi connectivity index (χ1v) is 4.72. The van der Waals surface area contributed by atoms with E-state index in [1.807, 2.05) is 18.7 Å². The lowest BCUT2D eigenvalue weighted by molar-refractivity contribution is -0.112. The molecule has 0 saturated carbocycles. The molecule has 1 heterocycles. The maximum Gasteiger partial charge on any atom is 0.152 e. The molecule has 76 valence electrons. The zero-order valence-corrected chi connectivity index (χ0v) is 8.59. The highest BCUT2D eigenvalue weighted by atomic mass is 19.1. The van der Waals surface area contributed by atoms with Crippen molar-refractivity contribution in [2.45, 2.75) is 26.9 Å². The summed E-state index contributed by atoms with van der Waals surface area (Å²) < 4.78 is 12.2. The molecule has 0 aliphatic carbocycles. The van der Waals surface area contributed by atoms with Gasteiger partial charge in [0.25, 0.3) is 0 Å². The fourth-order valence-electron chi connectivity index (χ4n) is 1.02. The average Bonchev–Trinajstić information content (AvgIpc) is 2.04. The number of allylic oxidation sites excluding steroid dienone is 1. The Morgan fingerprint density at radius 3 is 2.46 bits per heavy atom. The van der Waals surface area contributed by atoms with Gasteiger partial charge in [0.2, 0.25) is 0 Å². The molecule has 1 fully saturated rings. The van der Waals surface area contributed by atoms with Crippen molar-refractivity contribution in [1.29, 1.82) is 0 Å². The maximum absolute atomic E-state index is 12.2. The lowest BCUT2D eigenvalue weighted by Crippen LogP contribution is -2.48. The van der Waals surface area contributed by atoms with Crippen LogP contribution < -0.4 is 0 Å². The summed E-state index contributed by atoms with van der Waals surface area (Å²) >= 11 is 0. The van der Waals surface area contributed by atoms with E-state index in [9.17, 15) is 9.18 Å². The van der Waals surface area contributed by atoms with Crippen LogP contribution in [0.2, 0.25) is 0 Å². The van der Waals surface area contributed by atoms with Gasteiger partial charge in [-0.25, -0.2) is 4.39 Å². The molecular weight excluding hydrogens is 169 g/mol. The number of carbonyl (C=O) groups is 1. The van der Waals surface area contributed by atoms with Crippen LogP contribution in [0.5, 0.6) is 0 Å². The monoisotopic (exact) mass is 187 g/mol. The highest BCUT2D eigenvalue weighted by molar-refractivity contribution is 5.87. The van der Waals surface area contributed by atoms with E-state index in [1.54, 1.807) is 6.08 Å². The number of rotatable bonds is 3. The molecule has 0 aromatic heterocycles. The Labute approximate surface area is 79.4 Å². The first-order chi connectivity index (χ1) is 6.18. The predicted octanol–water partition coefficient (Wildman–Crippen LogP) is 1.81. The fraction of sp³-hybridized carbons (Fsp3) is 0.700. The van der Waals surface area contributed by atoms with Crippen LogP contribution in [0.15, 0.2) is 12.2 Å². The second-order valence-electron chi connectivity index (χ2n) is 2.83. The smallest absolute Gasteiger partial charge is 0.152 e. The normalized spacial score (nSPS) is 17.8. The van der Waals surface area contributed by atoms with Crippen LogP contribution >= 0.6 is 0 Å². The van der Waals surface area contributed by atoms with Gasteiger partial charge in [0.05, 0.1) is 0 Å². The SMILES string of the molecule is CC.CC(=O)/C=C/CN1CC(F)C1. The standard InChI is InChI=1S/C8H12FNO.C2H6/c1-7(11)3-2-4-10-5-8(9)6-10;1-2/h2-3,8H,4-6H2,1H3;1-2H3/b3-2+;. The van der Waals surface area contributed by atoms with E-state index in [-0.39, 0.29) is 5.78 Å². The van der Waals surface area contributed by atoms with E-state index in [2.05, 4.69) is 0 Å². The van der Waals surface area contributed by atoms with Gasteiger partial charge in [0.15, 0.2) is 5.78 Å². The van der Waals surface area contributed by atoms with Crippen molar-refractivity contribution in [2.24, 2.45) is 0 Å². The van der Waals surface area contributed by atoms with E-state index in [4.69, 9.17) is 0 Å². The number of hydrogen-bond donors (Lipinski definition) is 0. The zero-order chi connectivity index (χ0) is 10.3. The number of hydrogen-bond acceptors (Lipinski definition) is 2. The van der Waals surface area contributed by atoms with Crippen LogP contribution in [-0.2, 0) is 4.79 Å². The van der Waals surface area contributed by atoms with Crippen molar-refractivity contribution in [2.75, 3.05) is 19.6 Å². The first-order valence-electron chi connectivity index (χ1n) is 4.72. The lowest BCUT2D eigenvalue weighted by atomic mass is 10.2. The molecule has 3 heteroatoms. The van der Waals surface area contributed by atoms with Crippen molar-refractivity contribution in [3.8, 4) is 0 Å². The van der Waals surface area contributed by atoms with E-state index < -0.39 is 6.17 Å². The number of alkyl halides is 1. The van der Waals surface area contributed by atoms with Gasteiger partial charge in [-0.2, -0.15) is 0 Å². The second-order valence-corrected chi connectivity index (χ2v) is 2.83. The van der Waals surface area contributed by atoms with Gasteiger partial charge in [0, 0.05) is 19.6 Å². The van der Waals surface area contributed by atoms with Crippen molar-refractivity contribution in [3.63, 3.8) is 0 Å². The fourth-order valence-corrected chi connectivity index (χ4v) is 1.02. The molecule has 1 saturated heterocycles. The number of halogens is 1. The molecular formula is C10H18FNO. The summed E-state index contributed by atoms with van der Waals surface area (Å²) in [5.74, 6) is 0.0438. The predicted molar refractivity (Wildman–Crippen MR) is 52.5 cm³/mol. The lowest BCUT2D eigenvalue weighted by Gasteiger charge is -2.33. The highest BCUT2D eigenvalue weighted by Crippen LogP contribution is 2.09. The van der Waals surface area contributed by atoms with Gasteiger partial charge in [-0.15, -0.1) is 0 Å². The van der Waals surface area contributed by atoms with Gasteiger partial charge in [0.1, 0.15) is 6.17 Å². The average molecular weight is 187 g/mol. The summed E-state index contributed by atoms with van der Waals surface area (Å²) in [6, 6.07) is 0. The van der Waals surface area contributed by atoms with Gasteiger partial charge < -0.3 is 0 Å². The summed E-state index contributed by atoms with van der Waals surface area (Å²) in [5, 5.41) is 0. The van der Waals surface area contributed by atoms with Crippen molar-refractivity contribution in [3.05, 3.63) is 12.2 Å². The van der Waals surface area contributed by atoms with Crippen LogP contribution in [0.25, 0.3) is 0 Å². The second kappa shape index (κ2) is 6.78. The molecule has 1 aliphatic heterocycles. The maximum atomic E-state index is 12.2. The number of ketones is 1. The van der Waals surface area contributed by atoms with Crippen molar-refractivity contribution >= 4 is 5.78 Å². The summed E-state index contributed by atoms with van der Waals surface area (Å²) in [4.78, 5) is 12.4. The Balaban J connectivity index is 0.000000671. The van der Waals surface area contributed by atoms with E-state index in [0.717, 1.165) is 0 Å². The molecule has 2 nitrogen and oxygen atoms in total. The molecule has 0 N–H and O–H groups in total. The van der Waals surface area contributed by atoms with Gasteiger partial charge in [-0.1, -0.05) is 19.9 Å². The Kier molecular flexibility index (Phi) is 6.41. The molecule has 0 aromatic carbocycles. The summed E-state index contributed by atoms with van der Waals surface area (Å²) in [6.45, 7) is 7.23. The molecule has 0 unspecified atom stereocenters. The summed E-state index contributed by atoms with van der Waals surface area (Å²) in [5.41, 5.74) is 0. The molecule has 0 aromatic rings. The quantitative estimate of drug-likeness (QED) is 0.628. The van der Waals surface area contributed by atoms with Crippen LogP contribution in [0.4, 0.5) is 4.39 Å².